The van der Waals surface area contributed by atoms with Crippen molar-refractivity contribution in [3.63, 3.8) is 0 Å². The monoisotopic (exact) mass is 881 g/mol. The average molecular weight is 882 g/mol. The molecule has 53 heavy (non-hydrogen) atoms. The molecule has 0 atom stereocenters. The number of hydrogen-bond acceptors (Lipinski definition) is 1. The normalized spacial score (nSPS) is 18.2. The molecule has 3 aliphatic rings. The van der Waals surface area contributed by atoms with Crippen LogP contribution in [0.3, 0.4) is 0 Å². The molecule has 2 aromatic carbocycles. The van der Waals surface area contributed by atoms with E-state index in [0.29, 0.717) is 0 Å². The van der Waals surface area contributed by atoms with Gasteiger partial charge in [0.25, 0.3) is 0 Å². The molecule has 0 unspecified atom stereocenters. The summed E-state index contributed by atoms with van der Waals surface area (Å²) in [6.07, 6.45) is 23.8. The van der Waals surface area contributed by atoms with E-state index >= 15 is 0 Å². The van der Waals surface area contributed by atoms with Crippen LogP contribution in [0.5, 0.6) is 0 Å². The number of aromatic nitrogens is 2. The van der Waals surface area contributed by atoms with Gasteiger partial charge < -0.3 is 0 Å². The molecular weight excluding hydrogens is 816 g/mol. The minimum absolute atomic E-state index is 0.0465. The molecule has 7 heteroatoms. The van der Waals surface area contributed by atoms with Crippen molar-refractivity contribution in [1.29, 1.82) is 0 Å². The van der Waals surface area contributed by atoms with Gasteiger partial charge in [-0.2, -0.15) is 0 Å². The van der Waals surface area contributed by atoms with Crippen LogP contribution in [0.2, 0.25) is 0 Å². The average Bonchev–Trinajstić information content (AvgIpc) is 3.71. The molecule has 0 aliphatic heterocycles. The van der Waals surface area contributed by atoms with Crippen LogP contribution in [0.4, 0.5) is 0 Å². The second-order valence-electron chi connectivity index (χ2n) is 16.7. The van der Waals surface area contributed by atoms with Gasteiger partial charge in [0.2, 0.25) is 0 Å². The van der Waals surface area contributed by atoms with E-state index in [-0.39, 0.29) is 7.92 Å². The first-order valence-corrected chi connectivity index (χ1v) is 29.5. The summed E-state index contributed by atoms with van der Waals surface area (Å²) in [5.41, 5.74) is 15.8. The van der Waals surface area contributed by atoms with E-state index in [0.717, 1.165) is 20.3 Å². The molecule has 0 radical (unpaired) electrons. The summed E-state index contributed by atoms with van der Waals surface area (Å²) in [4.78, 5) is 1.11. The molecule has 3 fully saturated rings. The molecule has 2 aromatic heterocycles. The fourth-order valence-electron chi connectivity index (χ4n) is 10.3. The Kier molecular flexibility index (Phi) is 14.4. The maximum absolute atomic E-state index is 7.47. The van der Waals surface area contributed by atoms with Gasteiger partial charge in [-0.15, -0.1) is 0 Å². The second kappa shape index (κ2) is 18.4. The quantitative estimate of drug-likeness (QED) is 0.135. The first-order valence-electron chi connectivity index (χ1n) is 20.5. The van der Waals surface area contributed by atoms with Crippen LogP contribution in [-0.4, -0.2) is 30.7 Å². The second-order valence-corrected chi connectivity index (χ2v) is 30.3. The zero-order valence-electron chi connectivity index (χ0n) is 33.9. The van der Waals surface area contributed by atoms with Crippen LogP contribution in [0, 0.1) is 59.4 Å². The molecule has 4 aromatic rings. The molecule has 0 N–H and O–H groups in total. The van der Waals surface area contributed by atoms with Crippen molar-refractivity contribution in [2.75, 3.05) is 0 Å². The van der Waals surface area contributed by atoms with Crippen LogP contribution in [-0.2, 0) is 11.9 Å². The van der Waals surface area contributed by atoms with Crippen LogP contribution < -0.4 is 0 Å². The summed E-state index contributed by atoms with van der Waals surface area (Å²) in [7, 11) is 14.9. The topological polar surface area (TPSA) is 9.86 Å². The zero-order chi connectivity index (χ0) is 37.9. The number of hydrogen-bond donors (Lipinski definition) is 0. The Bertz CT molecular complexity index is 1850. The molecular formula is C46H66Cl2N2PRuS+. The van der Waals surface area contributed by atoms with E-state index in [9.17, 15) is 0 Å². The van der Waals surface area contributed by atoms with E-state index in [4.69, 9.17) is 19.4 Å². The van der Waals surface area contributed by atoms with Crippen molar-refractivity contribution in [2.24, 2.45) is 0 Å². The van der Waals surface area contributed by atoms with Crippen molar-refractivity contribution < 1.29 is 11.9 Å². The third-order valence-corrected chi connectivity index (χ3v) is 23.5. The fourth-order valence-corrected chi connectivity index (χ4v) is 23.1. The predicted octanol–water partition coefficient (Wildman–Crippen LogP) is 14.8. The summed E-state index contributed by atoms with van der Waals surface area (Å²) in [5.74, 6) is 0. The number of aryl methyl sites for hydroxylation is 6. The molecule has 292 valence electrons. The van der Waals surface area contributed by atoms with Crippen molar-refractivity contribution in [2.45, 2.75) is 169 Å². The third-order valence-electron chi connectivity index (χ3n) is 12.5. The summed E-state index contributed by atoms with van der Waals surface area (Å²) >= 11 is -1.85. The van der Waals surface area contributed by atoms with E-state index in [1.54, 1.807) is 108 Å². The fraction of sp³-hybridized carbons (Fsp3) is 0.565. The summed E-state index contributed by atoms with van der Waals surface area (Å²) < 4.78 is 7.80. The Balaban J connectivity index is 0.000000213. The van der Waals surface area contributed by atoms with Gasteiger partial charge in [0, 0.05) is 7.92 Å². The van der Waals surface area contributed by atoms with Crippen LogP contribution in [0.1, 0.15) is 146 Å². The van der Waals surface area contributed by atoms with Crippen molar-refractivity contribution >= 4 is 43.2 Å². The molecule has 3 saturated carbocycles. The van der Waals surface area contributed by atoms with Crippen LogP contribution >= 0.6 is 38.6 Å². The molecule has 0 bridgehead atoms. The minimum atomic E-state index is -3.53. The van der Waals surface area contributed by atoms with Gasteiger partial charge in [-0.05, 0) is 77.0 Å². The van der Waals surface area contributed by atoms with E-state index in [1.165, 1.54) is 61.7 Å². The number of nitrogens with zero attached hydrogens (tertiary/aromatic N) is 2. The van der Waals surface area contributed by atoms with Gasteiger partial charge in [-0.3, -0.25) is 0 Å². The standard InChI is InChI=1S/C23H28N2.C18H33P.C5H4S.2ClH.Ru/c1-14-9-16(3)22(17(4)10-14)24-13-25(21(8)20(24)7)23-18(5)11-15(2)12-19(23)6;1-4-10-16(11-5-1)19(17-12-6-2-7-13-17)18-14-8-3-9-15-18;1-5-3-2-4-6-5;;;/h9-12H,1-8H3;16-18H,1-15H2;1-4H;2*1H;/q;;;;;+2/p-1. The first kappa shape index (κ1) is 41.5. The number of imidazole rings is 1. The molecule has 7 rings (SSSR count). The zero-order valence-corrected chi connectivity index (χ0v) is 38.9. The maximum atomic E-state index is 7.47. The van der Waals surface area contributed by atoms with E-state index < -0.39 is 11.9 Å². The predicted molar refractivity (Wildman–Crippen MR) is 236 cm³/mol. The summed E-state index contributed by atoms with van der Waals surface area (Å²) in [6.45, 7) is 17.4. The third kappa shape index (κ3) is 9.53. The SMILES string of the molecule is C1CCC([PH+](C2CCCCC2)C2CCCCC2)CC1.Cc1cc(C)c(-n2c(C)c(C)n(-c3c(C)cc(C)cc3C)[c]2=[Ru]([Cl])([Cl])=[CH]c2cccs2)c(C)c1. The number of rotatable bonds is 6. The molecule has 0 saturated heterocycles. The Morgan fingerprint density at radius 3 is 1.26 bits per heavy atom. The van der Waals surface area contributed by atoms with Gasteiger partial charge in [0.1, 0.15) is 0 Å². The van der Waals surface area contributed by atoms with E-state index in [1.807, 2.05) is 6.07 Å². The molecule has 0 amide bonds. The Morgan fingerprint density at radius 1 is 0.585 bits per heavy atom. The Morgan fingerprint density at radius 2 is 0.943 bits per heavy atom. The Labute approximate surface area is 337 Å². The first-order chi connectivity index (χ1) is 25.4. The number of thiophene rings is 1. The van der Waals surface area contributed by atoms with Gasteiger partial charge in [0.15, 0.2) is 0 Å². The number of halogens is 2. The number of benzene rings is 2. The van der Waals surface area contributed by atoms with Gasteiger partial charge >= 0.3 is 219 Å². The Hall–Kier alpha value is -1.15. The molecule has 3 aliphatic carbocycles. The molecule has 2 heterocycles. The molecule has 0 spiro atoms. The molecule has 2 nitrogen and oxygen atoms in total. The summed E-state index contributed by atoms with van der Waals surface area (Å²) in [6, 6.07) is 13.1. The van der Waals surface area contributed by atoms with E-state index in [2.05, 4.69) is 105 Å². The summed E-state index contributed by atoms with van der Waals surface area (Å²) in [5, 5.41) is 2.07. The van der Waals surface area contributed by atoms with Gasteiger partial charge in [-0.25, -0.2) is 0 Å². The van der Waals surface area contributed by atoms with Crippen LogP contribution in [0.25, 0.3) is 11.4 Å². The van der Waals surface area contributed by atoms with Gasteiger partial charge in [0.05, 0.1) is 17.0 Å². The van der Waals surface area contributed by atoms with Crippen molar-refractivity contribution in [3.8, 4) is 11.4 Å². The van der Waals surface area contributed by atoms with Crippen molar-refractivity contribution in [1.82, 2.24) is 9.13 Å². The van der Waals surface area contributed by atoms with Gasteiger partial charge in [-0.1, -0.05) is 19.3 Å². The van der Waals surface area contributed by atoms with Crippen molar-refractivity contribution in [3.05, 3.63) is 95.4 Å². The van der Waals surface area contributed by atoms with Crippen LogP contribution in [0.15, 0.2) is 41.8 Å².